The third-order valence-electron chi connectivity index (χ3n) is 6.66. The van der Waals surface area contributed by atoms with Gasteiger partial charge >= 0.3 is 12.1 Å². The maximum Gasteiger partial charge on any atom is 0.490 e. The van der Waals surface area contributed by atoms with Crippen molar-refractivity contribution < 1.29 is 37.4 Å². The van der Waals surface area contributed by atoms with Crippen LogP contribution in [-0.4, -0.2) is 87.0 Å². The molecule has 2 aromatic rings. The Morgan fingerprint density at radius 3 is 2.59 bits per heavy atom. The summed E-state index contributed by atoms with van der Waals surface area (Å²) in [5.74, 6) is -2.65. The Labute approximate surface area is 216 Å². The zero-order valence-electron chi connectivity index (χ0n) is 20.8. The number of halogens is 3. The molecule has 4 heterocycles. The van der Waals surface area contributed by atoms with Crippen molar-refractivity contribution in [3.8, 4) is 0 Å². The summed E-state index contributed by atoms with van der Waals surface area (Å²) < 4.78 is 38.7. The lowest BCUT2D eigenvalue weighted by Crippen LogP contribution is -2.52. The van der Waals surface area contributed by atoms with Crippen molar-refractivity contribution in [3.63, 3.8) is 0 Å². The van der Waals surface area contributed by atoms with Crippen molar-refractivity contribution >= 4 is 29.1 Å². The van der Waals surface area contributed by atoms with Crippen LogP contribution in [0.4, 0.5) is 13.2 Å². The van der Waals surface area contributed by atoms with Crippen molar-refractivity contribution in [2.75, 3.05) is 33.4 Å². The van der Waals surface area contributed by atoms with Crippen LogP contribution in [0.3, 0.4) is 0 Å². The lowest BCUT2D eigenvalue weighted by Gasteiger charge is -2.42. The van der Waals surface area contributed by atoms with Gasteiger partial charge in [-0.05, 0) is 25.8 Å². The summed E-state index contributed by atoms with van der Waals surface area (Å²) in [5, 5.41) is 14.5. The zero-order valence-corrected chi connectivity index (χ0v) is 21.6. The van der Waals surface area contributed by atoms with E-state index in [0.29, 0.717) is 32.7 Å². The number of carboxylic acids is 1. The van der Waals surface area contributed by atoms with E-state index >= 15 is 0 Å². The van der Waals surface area contributed by atoms with Gasteiger partial charge in [-0.25, -0.2) is 9.78 Å². The Morgan fingerprint density at radius 1 is 1.35 bits per heavy atom. The van der Waals surface area contributed by atoms with Gasteiger partial charge in [-0.1, -0.05) is 0 Å². The molecule has 37 heavy (non-hydrogen) atoms. The highest BCUT2D eigenvalue weighted by molar-refractivity contribution is 7.09. The van der Waals surface area contributed by atoms with E-state index in [2.05, 4.69) is 10.1 Å². The first kappa shape index (κ1) is 28.6. The number of carbonyl (C=O) groups excluding carboxylic acids is 2. The van der Waals surface area contributed by atoms with Crippen molar-refractivity contribution in [2.45, 2.75) is 44.8 Å². The van der Waals surface area contributed by atoms with Gasteiger partial charge in [0.1, 0.15) is 0 Å². The molecule has 0 bridgehead atoms. The molecule has 4 rings (SSSR count). The fourth-order valence-electron chi connectivity index (χ4n) is 4.96. The van der Waals surface area contributed by atoms with Gasteiger partial charge < -0.3 is 19.6 Å². The second-order valence-corrected chi connectivity index (χ2v) is 10.2. The summed E-state index contributed by atoms with van der Waals surface area (Å²) in [7, 11) is 3.50. The number of aliphatic carboxylic acids is 1. The van der Waals surface area contributed by atoms with Crippen LogP contribution in [0.15, 0.2) is 17.6 Å². The van der Waals surface area contributed by atoms with Gasteiger partial charge in [0, 0.05) is 57.0 Å². The normalized spacial score (nSPS) is 21.8. The van der Waals surface area contributed by atoms with Gasteiger partial charge in [0.25, 0.3) is 0 Å². The van der Waals surface area contributed by atoms with Crippen LogP contribution in [0.25, 0.3) is 0 Å². The van der Waals surface area contributed by atoms with E-state index in [-0.39, 0.29) is 17.7 Å². The number of thiazole rings is 1. The molecule has 10 nitrogen and oxygen atoms in total. The fourth-order valence-corrected chi connectivity index (χ4v) is 5.56. The highest BCUT2D eigenvalue weighted by Gasteiger charge is 2.56. The molecular formula is C23H30F3N5O5S. The maximum absolute atomic E-state index is 13.9. The summed E-state index contributed by atoms with van der Waals surface area (Å²) in [6, 6.07) is 1.98. The summed E-state index contributed by atoms with van der Waals surface area (Å²) in [5.41, 5.74) is 1.34. The molecule has 0 saturated carbocycles. The molecule has 2 amide bonds. The number of methoxy groups -OCH3 is 1. The number of ether oxygens (including phenoxy) is 1. The zero-order chi connectivity index (χ0) is 27.4. The van der Waals surface area contributed by atoms with Crippen LogP contribution in [0, 0.1) is 12.3 Å². The number of aromatic nitrogens is 3. The minimum Gasteiger partial charge on any atom is -0.475 e. The summed E-state index contributed by atoms with van der Waals surface area (Å²) in [6.45, 7) is 4.62. The second-order valence-electron chi connectivity index (χ2n) is 9.10. The van der Waals surface area contributed by atoms with E-state index in [9.17, 15) is 22.8 Å². The highest BCUT2D eigenvalue weighted by atomic mass is 32.1. The number of aryl methyl sites for hydroxylation is 2. The first-order valence-corrected chi connectivity index (χ1v) is 12.5. The molecule has 204 valence electrons. The van der Waals surface area contributed by atoms with E-state index in [1.165, 1.54) is 0 Å². The summed E-state index contributed by atoms with van der Waals surface area (Å²) in [4.78, 5) is 43.9. The number of nitrogens with zero attached hydrogens (tertiary/aromatic N) is 5. The van der Waals surface area contributed by atoms with Crippen LogP contribution < -0.4 is 0 Å². The molecule has 2 aliphatic rings. The van der Waals surface area contributed by atoms with Gasteiger partial charge in [0.05, 0.1) is 35.7 Å². The van der Waals surface area contributed by atoms with E-state index in [0.717, 1.165) is 35.8 Å². The molecule has 0 radical (unpaired) electrons. The van der Waals surface area contributed by atoms with Crippen LogP contribution in [-0.2, 0) is 32.7 Å². The predicted molar refractivity (Wildman–Crippen MR) is 127 cm³/mol. The van der Waals surface area contributed by atoms with E-state index in [1.807, 2.05) is 39.9 Å². The number of hydrogen-bond donors (Lipinski definition) is 1. The number of carbonyl (C=O) groups is 3. The predicted octanol–water partition coefficient (Wildman–Crippen LogP) is 2.59. The summed E-state index contributed by atoms with van der Waals surface area (Å²) in [6.07, 6.45) is -1.28. The average molecular weight is 546 g/mol. The average Bonchev–Trinajstić information content (AvgIpc) is 3.54. The fraction of sp³-hybridized carbons (Fsp3) is 0.609. The van der Waals surface area contributed by atoms with Crippen molar-refractivity contribution in [3.05, 3.63) is 34.0 Å². The molecule has 1 spiro atoms. The third-order valence-corrected chi connectivity index (χ3v) is 7.48. The van der Waals surface area contributed by atoms with Crippen LogP contribution >= 0.6 is 11.3 Å². The Kier molecular flexibility index (Phi) is 8.95. The Balaban J connectivity index is 0.000000479. The minimum absolute atomic E-state index is 0.0425. The first-order chi connectivity index (χ1) is 17.4. The molecule has 2 fully saturated rings. The number of rotatable bonds is 6. The maximum atomic E-state index is 13.9. The number of likely N-dealkylation sites (tertiary alicyclic amines) is 2. The van der Waals surface area contributed by atoms with Crippen LogP contribution in [0.5, 0.6) is 0 Å². The van der Waals surface area contributed by atoms with Crippen molar-refractivity contribution in [1.29, 1.82) is 0 Å². The molecule has 2 aromatic heterocycles. The lowest BCUT2D eigenvalue weighted by molar-refractivity contribution is -0.192. The number of alkyl halides is 3. The molecule has 0 aromatic carbocycles. The Hall–Kier alpha value is -3.00. The van der Waals surface area contributed by atoms with Gasteiger partial charge in [-0.15, -0.1) is 11.3 Å². The van der Waals surface area contributed by atoms with Gasteiger partial charge in [0.2, 0.25) is 11.8 Å². The molecule has 1 N–H and O–H groups in total. The molecule has 2 saturated heterocycles. The number of hydrogen-bond acceptors (Lipinski definition) is 7. The topological polar surface area (TPSA) is 118 Å². The molecular weight excluding hydrogens is 515 g/mol. The standard InChI is InChI=1S/C21H29N5O3S.C2HF3O2/c1-15-23-16(13-30-15)11-25-9-4-7-21(20(25)28)14-26(19(27)6-10-29-3)12-17(21)18-5-8-22-24(18)2;3-2(4,5)1(6)7/h5,8,13,17H,4,6-7,9-12,14H2,1-3H3;(H,6,7)/t17-,21+;/m0./s1. The molecule has 0 aliphatic carbocycles. The minimum atomic E-state index is -5.08. The first-order valence-electron chi connectivity index (χ1n) is 11.6. The Bertz CT molecular complexity index is 1120. The SMILES string of the molecule is COCCC(=O)N1C[C@@H](c2ccnn2C)[C@@]2(CCCN(Cc3csc(C)n3)C2=O)C1.O=C(O)C(F)(F)F. The van der Waals surface area contributed by atoms with Gasteiger partial charge in [-0.2, -0.15) is 18.3 Å². The molecule has 14 heteroatoms. The number of amides is 2. The van der Waals surface area contributed by atoms with Crippen LogP contribution in [0.1, 0.15) is 41.6 Å². The number of carboxylic acid groups (broad SMARTS) is 1. The van der Waals surface area contributed by atoms with Crippen LogP contribution in [0.2, 0.25) is 0 Å². The van der Waals surface area contributed by atoms with E-state index < -0.39 is 17.6 Å². The van der Waals surface area contributed by atoms with E-state index in [4.69, 9.17) is 14.6 Å². The smallest absolute Gasteiger partial charge is 0.475 e. The highest BCUT2D eigenvalue weighted by Crippen LogP contribution is 2.49. The monoisotopic (exact) mass is 545 g/mol. The third kappa shape index (κ3) is 6.47. The van der Waals surface area contributed by atoms with Crippen molar-refractivity contribution in [2.24, 2.45) is 12.5 Å². The quantitative estimate of drug-likeness (QED) is 0.593. The Morgan fingerprint density at radius 2 is 2.05 bits per heavy atom. The van der Waals surface area contributed by atoms with E-state index in [1.54, 1.807) is 24.6 Å². The van der Waals surface area contributed by atoms with Gasteiger partial charge in [-0.3, -0.25) is 14.3 Å². The second kappa shape index (κ2) is 11.6. The number of piperidine rings is 1. The van der Waals surface area contributed by atoms with Crippen molar-refractivity contribution in [1.82, 2.24) is 24.6 Å². The molecule has 2 aliphatic heterocycles. The molecule has 2 atom stereocenters. The largest absolute Gasteiger partial charge is 0.490 e. The molecule has 0 unspecified atom stereocenters. The van der Waals surface area contributed by atoms with Gasteiger partial charge in [0.15, 0.2) is 0 Å². The summed E-state index contributed by atoms with van der Waals surface area (Å²) >= 11 is 1.60. The lowest BCUT2D eigenvalue weighted by atomic mass is 9.70.